The summed E-state index contributed by atoms with van der Waals surface area (Å²) in [7, 11) is 0. The van der Waals surface area contributed by atoms with Crippen molar-refractivity contribution >= 4 is 15.9 Å². The molecule has 0 radical (unpaired) electrons. The fourth-order valence-corrected chi connectivity index (χ4v) is 2.52. The van der Waals surface area contributed by atoms with Crippen LogP contribution in [-0.2, 0) is 6.54 Å². The van der Waals surface area contributed by atoms with Crippen molar-refractivity contribution in [3.63, 3.8) is 0 Å². The number of benzene rings is 1. The molecule has 0 atom stereocenters. The molecule has 0 saturated heterocycles. The third-order valence-corrected chi connectivity index (χ3v) is 3.94. The number of alkyl halides is 1. The number of nitrogens with one attached hydrogen (secondary N) is 1. The summed E-state index contributed by atoms with van der Waals surface area (Å²) in [6.07, 6.45) is 14.6. The van der Waals surface area contributed by atoms with Gasteiger partial charge in [0.2, 0.25) is 0 Å². The minimum atomic E-state index is 0.660. The Morgan fingerprint density at radius 2 is 1.60 bits per heavy atom. The zero-order chi connectivity index (χ0) is 14.5. The van der Waals surface area contributed by atoms with E-state index in [9.17, 15) is 0 Å². The molecule has 110 valence electrons. The Labute approximate surface area is 132 Å². The van der Waals surface area contributed by atoms with Crippen LogP contribution in [0.1, 0.15) is 50.5 Å². The number of halogens is 1. The minimum absolute atomic E-state index is 0.660. The van der Waals surface area contributed by atoms with Crippen LogP contribution < -0.4 is 5.32 Å². The number of rotatable bonds is 3. The maximum absolute atomic E-state index is 4.73. The van der Waals surface area contributed by atoms with E-state index in [0.29, 0.717) is 5.33 Å². The standard InChI is InChI=1S/C15H23N.C3H3Br/c1-2-7-11-15(12-8-3-1)16-13-14-9-5-4-6-10-14;1-2-3-4/h4-6,9-10,15-16H,1-3,7-8,11-13H2;1H,3H2. The first-order valence-corrected chi connectivity index (χ1v) is 8.75. The Balaban J connectivity index is 0.000000444. The van der Waals surface area contributed by atoms with Gasteiger partial charge < -0.3 is 5.32 Å². The van der Waals surface area contributed by atoms with Crippen molar-refractivity contribution in [1.29, 1.82) is 0 Å². The summed E-state index contributed by atoms with van der Waals surface area (Å²) < 4.78 is 0. The van der Waals surface area contributed by atoms with Crippen LogP contribution in [0.25, 0.3) is 0 Å². The molecule has 0 heterocycles. The van der Waals surface area contributed by atoms with Crippen molar-refractivity contribution in [2.24, 2.45) is 0 Å². The number of hydrogen-bond donors (Lipinski definition) is 1. The molecule has 1 fully saturated rings. The second kappa shape index (κ2) is 12.0. The Bertz CT molecular complexity index is 361. The first kappa shape index (κ1) is 17.3. The van der Waals surface area contributed by atoms with Gasteiger partial charge in [0.1, 0.15) is 0 Å². The number of hydrogen-bond acceptors (Lipinski definition) is 1. The normalized spacial score (nSPS) is 16.2. The van der Waals surface area contributed by atoms with Crippen LogP contribution in [0.3, 0.4) is 0 Å². The molecular formula is C18H26BrN. The summed E-state index contributed by atoms with van der Waals surface area (Å²) in [6, 6.07) is 11.5. The smallest absolute Gasteiger partial charge is 0.0642 e. The van der Waals surface area contributed by atoms with Gasteiger partial charge in [-0.15, -0.1) is 6.42 Å². The zero-order valence-corrected chi connectivity index (χ0v) is 13.9. The van der Waals surface area contributed by atoms with E-state index >= 15 is 0 Å². The SMILES string of the molecule is C#CCBr.c1ccc(CNC2CCCCCCC2)cc1. The highest BCUT2D eigenvalue weighted by Gasteiger charge is 2.10. The average molecular weight is 336 g/mol. The third-order valence-electron chi connectivity index (χ3n) is 3.62. The molecule has 0 aliphatic heterocycles. The minimum Gasteiger partial charge on any atom is -0.310 e. The van der Waals surface area contributed by atoms with E-state index < -0.39 is 0 Å². The highest BCUT2D eigenvalue weighted by molar-refractivity contribution is 9.09. The summed E-state index contributed by atoms with van der Waals surface area (Å²) in [5.74, 6) is 2.35. The molecular weight excluding hydrogens is 310 g/mol. The van der Waals surface area contributed by atoms with Gasteiger partial charge in [-0.3, -0.25) is 0 Å². The van der Waals surface area contributed by atoms with Gasteiger partial charge in [0.15, 0.2) is 0 Å². The lowest BCUT2D eigenvalue weighted by atomic mass is 9.96. The van der Waals surface area contributed by atoms with E-state index in [2.05, 4.69) is 57.5 Å². The highest BCUT2D eigenvalue weighted by Crippen LogP contribution is 2.17. The fourth-order valence-electron chi connectivity index (χ4n) is 2.52. The van der Waals surface area contributed by atoms with E-state index in [1.807, 2.05) is 0 Å². The second-order valence-electron chi connectivity index (χ2n) is 5.25. The first-order chi connectivity index (χ1) is 9.86. The predicted octanol–water partition coefficient (Wildman–Crippen LogP) is 4.90. The third kappa shape index (κ3) is 8.40. The molecule has 1 aromatic carbocycles. The van der Waals surface area contributed by atoms with Crippen molar-refractivity contribution in [2.45, 2.75) is 57.5 Å². The lowest BCUT2D eigenvalue weighted by molar-refractivity contribution is 0.389. The van der Waals surface area contributed by atoms with Crippen molar-refractivity contribution < 1.29 is 0 Å². The van der Waals surface area contributed by atoms with E-state index in [4.69, 9.17) is 6.42 Å². The van der Waals surface area contributed by atoms with E-state index in [1.54, 1.807) is 0 Å². The van der Waals surface area contributed by atoms with Crippen molar-refractivity contribution in [3.8, 4) is 12.3 Å². The number of terminal acetylenes is 1. The summed E-state index contributed by atoms with van der Waals surface area (Å²) >= 11 is 3.01. The second-order valence-corrected chi connectivity index (χ2v) is 5.81. The monoisotopic (exact) mass is 335 g/mol. The highest BCUT2D eigenvalue weighted by atomic mass is 79.9. The van der Waals surface area contributed by atoms with Gasteiger partial charge in [-0.05, 0) is 18.4 Å². The van der Waals surface area contributed by atoms with E-state index in [-0.39, 0.29) is 0 Å². The molecule has 1 aromatic rings. The van der Waals surface area contributed by atoms with Gasteiger partial charge in [0, 0.05) is 12.6 Å². The molecule has 1 aliphatic rings. The van der Waals surface area contributed by atoms with Crippen LogP contribution in [0.4, 0.5) is 0 Å². The largest absolute Gasteiger partial charge is 0.310 e. The maximum Gasteiger partial charge on any atom is 0.0642 e. The van der Waals surface area contributed by atoms with Crippen LogP contribution in [0.2, 0.25) is 0 Å². The Morgan fingerprint density at radius 1 is 1.05 bits per heavy atom. The lowest BCUT2D eigenvalue weighted by Crippen LogP contribution is -2.29. The van der Waals surface area contributed by atoms with Crippen LogP contribution in [-0.4, -0.2) is 11.4 Å². The quantitative estimate of drug-likeness (QED) is 0.611. The van der Waals surface area contributed by atoms with E-state index in [1.165, 1.54) is 50.5 Å². The topological polar surface area (TPSA) is 12.0 Å². The molecule has 0 unspecified atom stereocenters. The molecule has 0 spiro atoms. The van der Waals surface area contributed by atoms with Crippen molar-refractivity contribution in [2.75, 3.05) is 5.33 Å². The molecule has 1 saturated carbocycles. The maximum atomic E-state index is 4.73. The zero-order valence-electron chi connectivity index (χ0n) is 12.3. The van der Waals surface area contributed by atoms with Gasteiger partial charge in [-0.25, -0.2) is 0 Å². The molecule has 1 nitrogen and oxygen atoms in total. The van der Waals surface area contributed by atoms with Gasteiger partial charge in [-0.1, -0.05) is 84.3 Å². The molecule has 1 N–H and O–H groups in total. The molecule has 0 aromatic heterocycles. The summed E-state index contributed by atoms with van der Waals surface area (Å²) in [5.41, 5.74) is 1.41. The Hall–Kier alpha value is -0.780. The first-order valence-electron chi connectivity index (χ1n) is 7.63. The van der Waals surface area contributed by atoms with Crippen molar-refractivity contribution in [1.82, 2.24) is 5.32 Å². The van der Waals surface area contributed by atoms with Crippen LogP contribution in [0, 0.1) is 12.3 Å². The van der Waals surface area contributed by atoms with Gasteiger partial charge in [0.25, 0.3) is 0 Å². The van der Waals surface area contributed by atoms with Crippen LogP contribution >= 0.6 is 15.9 Å². The average Bonchev–Trinajstić information content (AvgIpc) is 2.47. The Kier molecular flexibility index (Phi) is 10.4. The summed E-state index contributed by atoms with van der Waals surface area (Å²) in [4.78, 5) is 0. The Morgan fingerprint density at radius 3 is 2.15 bits per heavy atom. The van der Waals surface area contributed by atoms with Gasteiger partial charge in [-0.2, -0.15) is 0 Å². The van der Waals surface area contributed by atoms with Crippen LogP contribution in [0.15, 0.2) is 30.3 Å². The van der Waals surface area contributed by atoms with Crippen LogP contribution in [0.5, 0.6) is 0 Å². The summed E-state index contributed by atoms with van der Waals surface area (Å²) in [5, 5.41) is 4.37. The molecule has 2 heteroatoms. The fraction of sp³-hybridized carbons (Fsp3) is 0.556. The summed E-state index contributed by atoms with van der Waals surface area (Å²) in [6.45, 7) is 1.03. The van der Waals surface area contributed by atoms with Gasteiger partial charge >= 0.3 is 0 Å². The predicted molar refractivity (Wildman–Crippen MR) is 92.0 cm³/mol. The van der Waals surface area contributed by atoms with Gasteiger partial charge in [0.05, 0.1) is 5.33 Å². The molecule has 20 heavy (non-hydrogen) atoms. The molecule has 1 aliphatic carbocycles. The molecule has 0 amide bonds. The van der Waals surface area contributed by atoms with E-state index in [0.717, 1.165) is 12.6 Å². The molecule has 0 bridgehead atoms. The molecule has 2 rings (SSSR count). The lowest BCUT2D eigenvalue weighted by Gasteiger charge is -2.21. The van der Waals surface area contributed by atoms with Crippen molar-refractivity contribution in [3.05, 3.63) is 35.9 Å².